The van der Waals surface area contributed by atoms with E-state index in [4.69, 9.17) is 26.4 Å². The van der Waals surface area contributed by atoms with Crippen LogP contribution in [0.4, 0.5) is 5.69 Å². The van der Waals surface area contributed by atoms with E-state index in [2.05, 4.69) is 5.32 Å². The van der Waals surface area contributed by atoms with Gasteiger partial charge in [0.1, 0.15) is 18.1 Å². The standard InChI is InChI=1S/C16H17NO3S/c1-18-14-8-13(9-15(10-14)19-2)17-16(21)20-11-12-6-4-3-5-7-12/h3-10H,11H2,1-2H3,(H,17,21). The van der Waals surface area contributed by atoms with Crippen LogP contribution in [0.2, 0.25) is 0 Å². The molecular formula is C16H17NO3S. The topological polar surface area (TPSA) is 39.7 Å². The fraction of sp³-hybridized carbons (Fsp3) is 0.188. The quantitative estimate of drug-likeness (QED) is 0.854. The number of thiocarbonyl (C=S) groups is 1. The van der Waals surface area contributed by atoms with Crippen molar-refractivity contribution in [2.45, 2.75) is 6.61 Å². The Balaban J connectivity index is 1.96. The lowest BCUT2D eigenvalue weighted by Gasteiger charge is -2.12. The molecule has 0 saturated carbocycles. The van der Waals surface area contributed by atoms with Crippen LogP contribution in [0.15, 0.2) is 48.5 Å². The molecule has 0 fully saturated rings. The molecule has 110 valence electrons. The van der Waals surface area contributed by atoms with Gasteiger partial charge in [-0.25, -0.2) is 0 Å². The highest BCUT2D eigenvalue weighted by Crippen LogP contribution is 2.25. The zero-order chi connectivity index (χ0) is 15.1. The molecule has 0 aromatic heterocycles. The summed E-state index contributed by atoms with van der Waals surface area (Å²) in [5, 5.41) is 3.31. The Hall–Kier alpha value is -2.27. The first kappa shape index (κ1) is 15.1. The molecule has 0 amide bonds. The van der Waals surface area contributed by atoms with Gasteiger partial charge in [-0.15, -0.1) is 0 Å². The number of hydrogen-bond acceptors (Lipinski definition) is 4. The zero-order valence-corrected chi connectivity index (χ0v) is 12.8. The fourth-order valence-electron chi connectivity index (χ4n) is 1.76. The summed E-state index contributed by atoms with van der Waals surface area (Å²) in [6.07, 6.45) is 0. The smallest absolute Gasteiger partial charge is 0.261 e. The summed E-state index contributed by atoms with van der Waals surface area (Å²) >= 11 is 5.18. The number of anilines is 1. The van der Waals surface area contributed by atoms with Crippen molar-refractivity contribution >= 4 is 23.1 Å². The Morgan fingerprint density at radius 1 is 1.00 bits per heavy atom. The molecule has 0 aliphatic rings. The fourth-order valence-corrected chi connectivity index (χ4v) is 1.93. The third-order valence-corrected chi connectivity index (χ3v) is 3.03. The van der Waals surface area contributed by atoms with Crippen molar-refractivity contribution in [3.05, 3.63) is 54.1 Å². The molecular weight excluding hydrogens is 286 g/mol. The molecule has 5 heteroatoms. The first-order chi connectivity index (χ1) is 10.2. The lowest BCUT2D eigenvalue weighted by Crippen LogP contribution is -2.13. The third-order valence-electron chi connectivity index (χ3n) is 2.81. The molecule has 2 rings (SSSR count). The van der Waals surface area contributed by atoms with Gasteiger partial charge >= 0.3 is 0 Å². The SMILES string of the molecule is COc1cc(NC(=S)OCc2ccccc2)cc(OC)c1. The summed E-state index contributed by atoms with van der Waals surface area (Å²) in [5.74, 6) is 1.37. The molecule has 0 heterocycles. The van der Waals surface area contributed by atoms with Crippen LogP contribution in [0.5, 0.6) is 11.5 Å². The predicted molar refractivity (Wildman–Crippen MR) is 87.0 cm³/mol. The first-order valence-corrected chi connectivity index (χ1v) is 6.83. The van der Waals surface area contributed by atoms with Gasteiger partial charge in [-0.2, -0.15) is 0 Å². The average Bonchev–Trinajstić information content (AvgIpc) is 2.53. The van der Waals surface area contributed by atoms with Crippen molar-refractivity contribution in [3.63, 3.8) is 0 Å². The van der Waals surface area contributed by atoms with Crippen LogP contribution in [-0.2, 0) is 11.3 Å². The van der Waals surface area contributed by atoms with Crippen LogP contribution in [0.3, 0.4) is 0 Å². The Kier molecular flexibility index (Phi) is 5.40. The summed E-state index contributed by atoms with van der Waals surface area (Å²) in [6.45, 7) is 0.424. The Bertz CT molecular complexity index is 579. The second kappa shape index (κ2) is 7.50. The molecule has 2 aromatic carbocycles. The van der Waals surface area contributed by atoms with Gasteiger partial charge in [0.05, 0.1) is 14.2 Å². The summed E-state index contributed by atoms with van der Waals surface area (Å²) in [6, 6.07) is 15.3. The van der Waals surface area contributed by atoms with E-state index in [1.807, 2.05) is 42.5 Å². The Morgan fingerprint density at radius 2 is 1.62 bits per heavy atom. The highest BCUT2D eigenvalue weighted by Gasteiger charge is 2.04. The Labute approximate surface area is 129 Å². The molecule has 21 heavy (non-hydrogen) atoms. The van der Waals surface area contributed by atoms with Crippen molar-refractivity contribution in [1.82, 2.24) is 0 Å². The first-order valence-electron chi connectivity index (χ1n) is 6.42. The molecule has 4 nitrogen and oxygen atoms in total. The van der Waals surface area contributed by atoms with Crippen molar-refractivity contribution in [2.24, 2.45) is 0 Å². The highest BCUT2D eigenvalue weighted by molar-refractivity contribution is 7.80. The van der Waals surface area contributed by atoms with Gasteiger partial charge in [-0.05, 0) is 17.8 Å². The number of nitrogens with one attached hydrogen (secondary N) is 1. The second-order valence-corrected chi connectivity index (χ2v) is 4.66. The van der Waals surface area contributed by atoms with Gasteiger partial charge < -0.3 is 19.5 Å². The van der Waals surface area contributed by atoms with Crippen LogP contribution in [0, 0.1) is 0 Å². The van der Waals surface area contributed by atoms with E-state index in [0.29, 0.717) is 23.3 Å². The molecule has 1 N–H and O–H groups in total. The molecule has 0 saturated heterocycles. The molecule has 2 aromatic rings. The number of ether oxygens (including phenoxy) is 3. The lowest BCUT2D eigenvalue weighted by molar-refractivity contribution is 0.300. The van der Waals surface area contributed by atoms with E-state index in [0.717, 1.165) is 11.3 Å². The van der Waals surface area contributed by atoms with Gasteiger partial charge in [-0.3, -0.25) is 0 Å². The van der Waals surface area contributed by atoms with E-state index < -0.39 is 0 Å². The highest BCUT2D eigenvalue weighted by atomic mass is 32.1. The summed E-state index contributed by atoms with van der Waals surface area (Å²) in [5.41, 5.74) is 1.81. The van der Waals surface area contributed by atoms with Crippen molar-refractivity contribution < 1.29 is 14.2 Å². The molecule has 0 aliphatic heterocycles. The number of hydrogen-bond donors (Lipinski definition) is 1. The van der Waals surface area contributed by atoms with Crippen LogP contribution < -0.4 is 14.8 Å². The van der Waals surface area contributed by atoms with E-state index in [1.165, 1.54) is 0 Å². The van der Waals surface area contributed by atoms with Gasteiger partial charge in [0, 0.05) is 23.9 Å². The minimum absolute atomic E-state index is 0.300. The van der Waals surface area contributed by atoms with E-state index in [1.54, 1.807) is 20.3 Å². The molecule has 0 unspecified atom stereocenters. The summed E-state index contributed by atoms with van der Waals surface area (Å²) < 4.78 is 15.9. The number of benzene rings is 2. The number of methoxy groups -OCH3 is 2. The van der Waals surface area contributed by atoms with Gasteiger partial charge in [0.25, 0.3) is 5.17 Å². The van der Waals surface area contributed by atoms with E-state index in [-0.39, 0.29) is 0 Å². The second-order valence-electron chi connectivity index (χ2n) is 4.29. The molecule has 0 atom stereocenters. The van der Waals surface area contributed by atoms with Gasteiger partial charge in [0.2, 0.25) is 0 Å². The van der Waals surface area contributed by atoms with E-state index >= 15 is 0 Å². The van der Waals surface area contributed by atoms with Crippen molar-refractivity contribution in [3.8, 4) is 11.5 Å². The van der Waals surface area contributed by atoms with Crippen molar-refractivity contribution in [1.29, 1.82) is 0 Å². The minimum Gasteiger partial charge on any atom is -0.497 e. The van der Waals surface area contributed by atoms with Crippen LogP contribution in [0.1, 0.15) is 5.56 Å². The molecule has 0 aliphatic carbocycles. The normalized spacial score (nSPS) is 9.81. The largest absolute Gasteiger partial charge is 0.497 e. The maximum Gasteiger partial charge on any atom is 0.261 e. The van der Waals surface area contributed by atoms with Crippen LogP contribution in [0.25, 0.3) is 0 Å². The number of rotatable bonds is 5. The van der Waals surface area contributed by atoms with Gasteiger partial charge in [-0.1, -0.05) is 30.3 Å². The maximum absolute atomic E-state index is 5.52. The zero-order valence-electron chi connectivity index (χ0n) is 12.0. The lowest BCUT2D eigenvalue weighted by atomic mass is 10.2. The van der Waals surface area contributed by atoms with Gasteiger partial charge in [0.15, 0.2) is 0 Å². The summed E-state index contributed by atoms with van der Waals surface area (Å²) in [4.78, 5) is 0. The average molecular weight is 303 g/mol. The predicted octanol–water partition coefficient (Wildman–Crippen LogP) is 3.62. The molecule has 0 radical (unpaired) electrons. The monoisotopic (exact) mass is 303 g/mol. The van der Waals surface area contributed by atoms with Crippen LogP contribution >= 0.6 is 12.2 Å². The Morgan fingerprint density at radius 3 is 2.19 bits per heavy atom. The minimum atomic E-state index is 0.300. The third kappa shape index (κ3) is 4.65. The van der Waals surface area contributed by atoms with E-state index in [9.17, 15) is 0 Å². The van der Waals surface area contributed by atoms with Crippen molar-refractivity contribution in [2.75, 3.05) is 19.5 Å². The summed E-state index contributed by atoms with van der Waals surface area (Å²) in [7, 11) is 3.20. The molecule has 0 spiro atoms. The maximum atomic E-state index is 5.52. The molecule has 0 bridgehead atoms. The van der Waals surface area contributed by atoms with Crippen LogP contribution in [-0.4, -0.2) is 19.4 Å².